The fraction of sp³-hybridized carbons (Fsp3) is 0.267. The Balaban J connectivity index is 2.17. The number of amides is 1. The number of hydrogen-bond acceptors (Lipinski definition) is 4. The van der Waals surface area contributed by atoms with Crippen LogP contribution in [0, 0.1) is 6.92 Å². The molecule has 0 radical (unpaired) electrons. The second kappa shape index (κ2) is 7.65. The number of carboxylic acid groups (broad SMARTS) is 1. The maximum atomic E-state index is 12.1. The molecular formula is C15H15Cl2N3O4. The normalized spacial score (nSPS) is 12.0. The number of rotatable bonds is 6. The van der Waals surface area contributed by atoms with Crippen LogP contribution in [0.2, 0.25) is 10.0 Å². The van der Waals surface area contributed by atoms with Crippen molar-refractivity contribution in [3.05, 3.63) is 45.7 Å². The first kappa shape index (κ1) is 18.3. The Morgan fingerprint density at radius 2 is 2.04 bits per heavy atom. The number of nitrogens with zero attached hydrogens (tertiary/aromatic N) is 2. The van der Waals surface area contributed by atoms with Crippen LogP contribution in [0.5, 0.6) is 0 Å². The molecule has 1 atom stereocenters. The summed E-state index contributed by atoms with van der Waals surface area (Å²) < 4.78 is 6.30. The minimum absolute atomic E-state index is 0.152. The van der Waals surface area contributed by atoms with Crippen molar-refractivity contribution in [1.29, 1.82) is 0 Å². The third kappa shape index (κ3) is 4.05. The zero-order valence-electron chi connectivity index (χ0n) is 12.9. The van der Waals surface area contributed by atoms with Crippen LogP contribution in [0.1, 0.15) is 16.2 Å². The lowest BCUT2D eigenvalue weighted by Gasteiger charge is -2.10. The van der Waals surface area contributed by atoms with Crippen LogP contribution in [-0.4, -0.2) is 46.5 Å². The van der Waals surface area contributed by atoms with Gasteiger partial charge in [-0.25, -0.2) is 9.48 Å². The third-order valence-corrected chi connectivity index (χ3v) is 4.01. The second-order valence-corrected chi connectivity index (χ2v) is 5.77. The van der Waals surface area contributed by atoms with Gasteiger partial charge in [0.2, 0.25) is 0 Å². The quantitative estimate of drug-likeness (QED) is 0.812. The van der Waals surface area contributed by atoms with Crippen molar-refractivity contribution < 1.29 is 19.4 Å². The van der Waals surface area contributed by atoms with Crippen molar-refractivity contribution in [2.45, 2.75) is 13.0 Å². The van der Waals surface area contributed by atoms with Crippen molar-refractivity contribution in [1.82, 2.24) is 15.1 Å². The van der Waals surface area contributed by atoms with Crippen LogP contribution in [0.15, 0.2) is 24.3 Å². The lowest BCUT2D eigenvalue weighted by molar-refractivity contribution is -0.148. The zero-order valence-corrected chi connectivity index (χ0v) is 14.4. The van der Waals surface area contributed by atoms with E-state index in [1.807, 2.05) is 0 Å². The van der Waals surface area contributed by atoms with Gasteiger partial charge < -0.3 is 15.2 Å². The Bertz CT molecular complexity index is 776. The molecule has 1 unspecified atom stereocenters. The molecule has 0 aliphatic rings. The predicted octanol–water partition coefficient (Wildman–Crippen LogP) is 2.32. The summed E-state index contributed by atoms with van der Waals surface area (Å²) in [7, 11) is 1.26. The number of methoxy groups -OCH3 is 1. The smallest absolute Gasteiger partial charge is 0.334 e. The van der Waals surface area contributed by atoms with Gasteiger partial charge in [-0.3, -0.25) is 4.79 Å². The number of aryl methyl sites for hydroxylation is 1. The lowest BCUT2D eigenvalue weighted by Crippen LogP contribution is -2.38. The maximum Gasteiger partial charge on any atom is 0.334 e. The summed E-state index contributed by atoms with van der Waals surface area (Å²) in [5.41, 5.74) is 1.51. The number of nitrogens with one attached hydrogen (secondary N) is 1. The summed E-state index contributed by atoms with van der Waals surface area (Å²) in [5.74, 6) is -1.66. The van der Waals surface area contributed by atoms with Gasteiger partial charge in [0.15, 0.2) is 11.8 Å². The molecule has 0 bridgehead atoms. The van der Waals surface area contributed by atoms with Gasteiger partial charge >= 0.3 is 5.97 Å². The van der Waals surface area contributed by atoms with Gasteiger partial charge in [-0.15, -0.1) is 0 Å². The summed E-state index contributed by atoms with van der Waals surface area (Å²) in [6.07, 6.45) is -1.12. The van der Waals surface area contributed by atoms with Gasteiger partial charge in [0.25, 0.3) is 5.91 Å². The Hall–Kier alpha value is -2.09. The van der Waals surface area contributed by atoms with Gasteiger partial charge in [-0.1, -0.05) is 23.2 Å². The molecule has 1 heterocycles. The molecular weight excluding hydrogens is 357 g/mol. The monoisotopic (exact) mass is 371 g/mol. The molecule has 2 rings (SSSR count). The first-order valence-corrected chi connectivity index (χ1v) is 7.65. The van der Waals surface area contributed by atoms with Gasteiger partial charge in [0, 0.05) is 12.8 Å². The van der Waals surface area contributed by atoms with E-state index in [-0.39, 0.29) is 12.2 Å². The number of carboxylic acids is 1. The standard InChI is InChI=1S/C15H15Cl2N3O4/c1-8-5-12(14(21)18-7-13(24-2)15(22)23)19-20(8)9-3-4-10(16)11(17)6-9/h3-6,13H,7H2,1-2H3,(H,18,21)(H,22,23). The number of aromatic nitrogens is 2. The van der Waals surface area contributed by atoms with E-state index in [2.05, 4.69) is 10.4 Å². The number of hydrogen-bond donors (Lipinski definition) is 2. The van der Waals surface area contributed by atoms with Crippen LogP contribution in [0.3, 0.4) is 0 Å². The molecule has 128 valence electrons. The highest BCUT2D eigenvalue weighted by Crippen LogP contribution is 2.25. The van der Waals surface area contributed by atoms with Crippen molar-refractivity contribution in [3.63, 3.8) is 0 Å². The molecule has 2 N–H and O–H groups in total. The van der Waals surface area contributed by atoms with Gasteiger partial charge in [-0.05, 0) is 31.2 Å². The van der Waals surface area contributed by atoms with Crippen LogP contribution >= 0.6 is 23.2 Å². The summed E-state index contributed by atoms with van der Waals surface area (Å²) in [6.45, 7) is 1.62. The Morgan fingerprint density at radius 1 is 1.33 bits per heavy atom. The summed E-state index contributed by atoms with van der Waals surface area (Å²) in [5, 5.41) is 16.4. The number of carbonyl (C=O) groups is 2. The molecule has 0 aliphatic heterocycles. The molecule has 1 aromatic heterocycles. The van der Waals surface area contributed by atoms with Crippen LogP contribution in [0.25, 0.3) is 5.69 Å². The van der Waals surface area contributed by atoms with Crippen molar-refractivity contribution in [3.8, 4) is 5.69 Å². The topological polar surface area (TPSA) is 93.5 Å². The van der Waals surface area contributed by atoms with E-state index in [0.29, 0.717) is 21.4 Å². The van der Waals surface area contributed by atoms with E-state index in [4.69, 9.17) is 33.0 Å². The van der Waals surface area contributed by atoms with E-state index in [9.17, 15) is 9.59 Å². The largest absolute Gasteiger partial charge is 0.479 e. The minimum atomic E-state index is -1.16. The fourth-order valence-corrected chi connectivity index (χ4v) is 2.30. The average molecular weight is 372 g/mol. The van der Waals surface area contributed by atoms with E-state index in [1.165, 1.54) is 7.11 Å². The molecule has 1 amide bonds. The molecule has 7 nitrogen and oxygen atoms in total. The summed E-state index contributed by atoms with van der Waals surface area (Å²) >= 11 is 11.9. The van der Waals surface area contributed by atoms with E-state index < -0.39 is 18.0 Å². The highest BCUT2D eigenvalue weighted by atomic mass is 35.5. The first-order valence-electron chi connectivity index (χ1n) is 6.89. The Morgan fingerprint density at radius 3 is 2.62 bits per heavy atom. The molecule has 0 fully saturated rings. The van der Waals surface area contributed by atoms with Crippen molar-refractivity contribution in [2.75, 3.05) is 13.7 Å². The van der Waals surface area contributed by atoms with Crippen molar-refractivity contribution in [2.24, 2.45) is 0 Å². The van der Waals surface area contributed by atoms with Gasteiger partial charge in [0.1, 0.15) is 0 Å². The van der Waals surface area contributed by atoms with Crippen LogP contribution < -0.4 is 5.32 Å². The first-order chi connectivity index (χ1) is 11.3. The Kier molecular flexibility index (Phi) is 5.82. The molecule has 2 aromatic rings. The van der Waals surface area contributed by atoms with E-state index >= 15 is 0 Å². The SMILES string of the molecule is COC(CNC(=O)c1cc(C)n(-c2ccc(Cl)c(Cl)c2)n1)C(=O)O. The number of halogens is 2. The van der Waals surface area contributed by atoms with Crippen LogP contribution in [0.4, 0.5) is 0 Å². The Labute approximate surface area is 148 Å². The minimum Gasteiger partial charge on any atom is -0.479 e. The summed E-state index contributed by atoms with van der Waals surface area (Å²) in [4.78, 5) is 23.0. The van der Waals surface area contributed by atoms with Gasteiger partial charge in [-0.2, -0.15) is 5.10 Å². The zero-order chi connectivity index (χ0) is 17.9. The number of carbonyl (C=O) groups excluding carboxylic acids is 1. The highest BCUT2D eigenvalue weighted by molar-refractivity contribution is 6.42. The molecule has 0 spiro atoms. The molecule has 0 saturated carbocycles. The number of ether oxygens (including phenoxy) is 1. The average Bonchev–Trinajstić information content (AvgIpc) is 2.92. The molecule has 0 saturated heterocycles. The number of benzene rings is 1. The summed E-state index contributed by atoms with van der Waals surface area (Å²) in [6, 6.07) is 6.58. The van der Waals surface area contributed by atoms with E-state index in [1.54, 1.807) is 35.9 Å². The lowest BCUT2D eigenvalue weighted by atomic mass is 10.3. The third-order valence-electron chi connectivity index (χ3n) is 3.28. The molecule has 9 heteroatoms. The molecule has 24 heavy (non-hydrogen) atoms. The van der Waals surface area contributed by atoms with E-state index in [0.717, 1.165) is 0 Å². The van der Waals surface area contributed by atoms with Crippen LogP contribution in [-0.2, 0) is 9.53 Å². The van der Waals surface area contributed by atoms with Gasteiger partial charge in [0.05, 0.1) is 22.3 Å². The highest BCUT2D eigenvalue weighted by Gasteiger charge is 2.19. The predicted molar refractivity (Wildman–Crippen MR) is 89.1 cm³/mol. The number of aliphatic carboxylic acids is 1. The molecule has 1 aromatic carbocycles. The second-order valence-electron chi connectivity index (χ2n) is 4.95. The molecule has 0 aliphatic carbocycles. The van der Waals surface area contributed by atoms with Crippen molar-refractivity contribution >= 4 is 35.1 Å². The maximum absolute atomic E-state index is 12.1. The fourth-order valence-electron chi connectivity index (χ4n) is 2.01.